The molecule has 1 fully saturated rings. The fraction of sp³-hybridized carbons (Fsp3) is 0.435. The summed E-state index contributed by atoms with van der Waals surface area (Å²) >= 11 is 0. The van der Waals surface area contributed by atoms with Crippen LogP contribution in [0, 0.1) is 0 Å². The molecular weight excluding hydrogens is 382 g/mol. The topological polar surface area (TPSA) is 72.0 Å². The molecule has 30 heavy (non-hydrogen) atoms. The van der Waals surface area contributed by atoms with Crippen LogP contribution in [0.25, 0.3) is 0 Å². The van der Waals surface area contributed by atoms with Crippen molar-refractivity contribution >= 4 is 11.8 Å². The van der Waals surface area contributed by atoms with Gasteiger partial charge in [0.25, 0.3) is 5.91 Å². The van der Waals surface area contributed by atoms with Gasteiger partial charge in [-0.3, -0.25) is 9.59 Å². The average Bonchev–Trinajstić information content (AvgIpc) is 3.24. The minimum absolute atomic E-state index is 0.0868. The molecule has 158 valence electrons. The van der Waals surface area contributed by atoms with Crippen molar-refractivity contribution in [1.82, 2.24) is 14.8 Å². The first-order valence-electron chi connectivity index (χ1n) is 10.5. The van der Waals surface area contributed by atoms with Crippen LogP contribution in [-0.4, -0.2) is 59.9 Å². The third-order valence-corrected chi connectivity index (χ3v) is 5.67. The van der Waals surface area contributed by atoms with Crippen molar-refractivity contribution in [3.8, 4) is 11.6 Å². The highest BCUT2D eigenvalue weighted by atomic mass is 16.5. The molecule has 2 aromatic rings. The highest BCUT2D eigenvalue weighted by Crippen LogP contribution is 2.26. The predicted molar refractivity (Wildman–Crippen MR) is 112 cm³/mol. The summed E-state index contributed by atoms with van der Waals surface area (Å²) in [5.74, 6) is 1.41. The van der Waals surface area contributed by atoms with E-state index in [1.54, 1.807) is 24.1 Å². The van der Waals surface area contributed by atoms with Gasteiger partial charge in [-0.15, -0.1) is 0 Å². The van der Waals surface area contributed by atoms with E-state index in [2.05, 4.69) is 11.1 Å². The Morgan fingerprint density at radius 1 is 1.10 bits per heavy atom. The maximum atomic E-state index is 12.9. The number of likely N-dealkylation sites (tertiary alicyclic amines) is 1. The average molecular weight is 409 g/mol. The predicted octanol–water partition coefficient (Wildman–Crippen LogP) is 2.68. The van der Waals surface area contributed by atoms with Crippen molar-refractivity contribution in [2.45, 2.75) is 32.2 Å². The van der Waals surface area contributed by atoms with Gasteiger partial charge in [0.15, 0.2) is 0 Å². The van der Waals surface area contributed by atoms with Gasteiger partial charge in [0, 0.05) is 43.9 Å². The van der Waals surface area contributed by atoms with E-state index in [4.69, 9.17) is 9.47 Å². The number of aromatic nitrogens is 1. The van der Waals surface area contributed by atoms with Crippen LogP contribution >= 0.6 is 0 Å². The lowest BCUT2D eigenvalue weighted by Gasteiger charge is -2.20. The summed E-state index contributed by atoms with van der Waals surface area (Å²) in [5, 5.41) is 0. The number of hydrogen-bond acceptors (Lipinski definition) is 5. The fourth-order valence-electron chi connectivity index (χ4n) is 3.96. The smallest absolute Gasteiger partial charge is 0.255 e. The summed E-state index contributed by atoms with van der Waals surface area (Å²) in [5.41, 5.74) is 2.57. The Morgan fingerprint density at radius 3 is 2.67 bits per heavy atom. The minimum Gasteiger partial charge on any atom is -0.491 e. The molecule has 2 amide bonds. The molecule has 1 aromatic carbocycles. The van der Waals surface area contributed by atoms with Gasteiger partial charge in [0.05, 0.1) is 19.2 Å². The Kier molecular flexibility index (Phi) is 6.16. The van der Waals surface area contributed by atoms with E-state index in [1.165, 1.54) is 6.20 Å². The Hall–Kier alpha value is -3.09. The van der Waals surface area contributed by atoms with Crippen LogP contribution < -0.4 is 9.47 Å². The SMILES string of the molecule is COc1ccc(C(=O)N2CCOc3ccc(CCC(=O)N4CCCC4)cc3C2)cn1. The second-order valence-corrected chi connectivity index (χ2v) is 7.69. The zero-order valence-corrected chi connectivity index (χ0v) is 17.3. The molecule has 4 rings (SSSR count). The van der Waals surface area contributed by atoms with Crippen molar-refractivity contribution < 1.29 is 19.1 Å². The number of aryl methyl sites for hydroxylation is 1. The molecule has 0 saturated carbocycles. The maximum Gasteiger partial charge on any atom is 0.255 e. The third kappa shape index (κ3) is 4.56. The number of methoxy groups -OCH3 is 1. The van der Waals surface area contributed by atoms with E-state index in [-0.39, 0.29) is 11.8 Å². The summed E-state index contributed by atoms with van der Waals surface area (Å²) < 4.78 is 10.9. The summed E-state index contributed by atoms with van der Waals surface area (Å²) in [6, 6.07) is 9.44. The second-order valence-electron chi connectivity index (χ2n) is 7.69. The molecule has 2 aliphatic heterocycles. The molecule has 0 unspecified atom stereocenters. The minimum atomic E-state index is -0.0868. The quantitative estimate of drug-likeness (QED) is 0.759. The summed E-state index contributed by atoms with van der Waals surface area (Å²) in [4.78, 5) is 33.1. The summed E-state index contributed by atoms with van der Waals surface area (Å²) in [6.45, 7) is 3.17. The number of ether oxygens (including phenoxy) is 2. The molecule has 7 nitrogen and oxygen atoms in total. The van der Waals surface area contributed by atoms with Crippen molar-refractivity contribution in [2.75, 3.05) is 33.4 Å². The number of fused-ring (bicyclic) bond motifs is 1. The van der Waals surface area contributed by atoms with E-state index in [9.17, 15) is 9.59 Å². The molecule has 2 aliphatic rings. The zero-order chi connectivity index (χ0) is 20.9. The lowest BCUT2D eigenvalue weighted by atomic mass is 10.0. The number of nitrogens with zero attached hydrogens (tertiary/aromatic N) is 3. The lowest BCUT2D eigenvalue weighted by molar-refractivity contribution is -0.130. The van der Waals surface area contributed by atoms with Crippen molar-refractivity contribution in [3.05, 3.63) is 53.2 Å². The molecule has 0 N–H and O–H groups in total. The van der Waals surface area contributed by atoms with Gasteiger partial charge in [0.2, 0.25) is 11.8 Å². The highest BCUT2D eigenvalue weighted by Gasteiger charge is 2.22. The maximum absolute atomic E-state index is 12.9. The van der Waals surface area contributed by atoms with Gasteiger partial charge in [0.1, 0.15) is 12.4 Å². The first-order valence-corrected chi connectivity index (χ1v) is 10.5. The Bertz CT molecular complexity index is 907. The summed E-state index contributed by atoms with van der Waals surface area (Å²) in [6.07, 6.45) is 4.96. The first-order chi connectivity index (χ1) is 14.6. The second kappa shape index (κ2) is 9.15. The van der Waals surface area contributed by atoms with E-state index in [1.807, 2.05) is 17.0 Å². The molecule has 0 radical (unpaired) electrons. The van der Waals surface area contributed by atoms with Crippen LogP contribution in [0.4, 0.5) is 0 Å². The molecule has 0 aliphatic carbocycles. The van der Waals surface area contributed by atoms with Gasteiger partial charge < -0.3 is 19.3 Å². The van der Waals surface area contributed by atoms with Crippen LogP contribution in [-0.2, 0) is 17.8 Å². The van der Waals surface area contributed by atoms with Crippen molar-refractivity contribution in [3.63, 3.8) is 0 Å². The molecular formula is C23H27N3O4. The van der Waals surface area contributed by atoms with Crippen LogP contribution in [0.1, 0.15) is 40.7 Å². The van der Waals surface area contributed by atoms with E-state index in [0.29, 0.717) is 44.0 Å². The third-order valence-electron chi connectivity index (χ3n) is 5.67. The number of amides is 2. The number of benzene rings is 1. The molecule has 0 bridgehead atoms. The number of carbonyl (C=O) groups is 2. The van der Waals surface area contributed by atoms with Gasteiger partial charge >= 0.3 is 0 Å². The molecule has 1 saturated heterocycles. The van der Waals surface area contributed by atoms with Crippen LogP contribution in [0.3, 0.4) is 0 Å². The monoisotopic (exact) mass is 409 g/mol. The first kappa shape index (κ1) is 20.2. The zero-order valence-electron chi connectivity index (χ0n) is 17.3. The number of pyridine rings is 1. The van der Waals surface area contributed by atoms with Crippen molar-refractivity contribution in [2.24, 2.45) is 0 Å². The normalized spacial score (nSPS) is 15.9. The number of hydrogen-bond donors (Lipinski definition) is 0. The Labute approximate surface area is 176 Å². The molecule has 0 atom stereocenters. The Morgan fingerprint density at radius 2 is 1.93 bits per heavy atom. The van der Waals surface area contributed by atoms with Crippen LogP contribution in [0.5, 0.6) is 11.6 Å². The van der Waals surface area contributed by atoms with Crippen LogP contribution in [0.15, 0.2) is 36.5 Å². The van der Waals surface area contributed by atoms with E-state index < -0.39 is 0 Å². The fourth-order valence-corrected chi connectivity index (χ4v) is 3.96. The molecule has 0 spiro atoms. The Balaban J connectivity index is 1.44. The standard InChI is InChI=1S/C23H27N3O4/c1-29-21-8-6-18(15-24-21)23(28)26-12-13-30-20-7-4-17(14-19(20)16-26)5-9-22(27)25-10-2-3-11-25/h4,6-8,14-15H,2-3,5,9-13,16H2,1H3. The van der Waals surface area contributed by atoms with Gasteiger partial charge in [-0.1, -0.05) is 12.1 Å². The molecule has 7 heteroatoms. The van der Waals surface area contributed by atoms with Crippen molar-refractivity contribution in [1.29, 1.82) is 0 Å². The van der Waals surface area contributed by atoms with E-state index >= 15 is 0 Å². The van der Waals surface area contributed by atoms with Gasteiger partial charge in [-0.25, -0.2) is 4.98 Å². The van der Waals surface area contributed by atoms with Crippen LogP contribution in [0.2, 0.25) is 0 Å². The molecule has 3 heterocycles. The largest absolute Gasteiger partial charge is 0.491 e. The lowest BCUT2D eigenvalue weighted by Crippen LogP contribution is -2.32. The van der Waals surface area contributed by atoms with Gasteiger partial charge in [-0.05, 0) is 37.0 Å². The molecule has 1 aromatic heterocycles. The number of rotatable bonds is 5. The van der Waals surface area contributed by atoms with Gasteiger partial charge in [-0.2, -0.15) is 0 Å². The summed E-state index contributed by atoms with van der Waals surface area (Å²) in [7, 11) is 1.54. The number of carbonyl (C=O) groups excluding carboxylic acids is 2. The highest BCUT2D eigenvalue weighted by molar-refractivity contribution is 5.94. The van der Waals surface area contributed by atoms with E-state index in [0.717, 1.165) is 42.8 Å².